The van der Waals surface area contributed by atoms with Gasteiger partial charge in [0, 0.05) is 5.56 Å². The molecular weight excluding hydrogens is 338 g/mol. The van der Waals surface area contributed by atoms with Crippen LogP contribution < -0.4 is 0 Å². The topological polar surface area (TPSA) is 56.5 Å². The quantitative estimate of drug-likeness (QED) is 0.490. The number of fused-ring (bicyclic) bond motifs is 3. The molecule has 0 N–H and O–H groups in total. The Labute approximate surface area is 157 Å². The highest BCUT2D eigenvalue weighted by Gasteiger charge is 2.16. The van der Waals surface area contributed by atoms with E-state index in [4.69, 9.17) is 9.72 Å². The van der Waals surface area contributed by atoms with Gasteiger partial charge in [-0.05, 0) is 35.2 Å². The number of nitrogens with zero attached hydrogens (tertiary/aromatic N) is 3. The van der Waals surface area contributed by atoms with Gasteiger partial charge >= 0.3 is 5.97 Å². The highest BCUT2D eigenvalue weighted by molar-refractivity contribution is 5.95. The van der Waals surface area contributed by atoms with Gasteiger partial charge in [0.2, 0.25) is 0 Å². The van der Waals surface area contributed by atoms with Gasteiger partial charge in [-0.3, -0.25) is 0 Å². The number of rotatable bonds is 2. The van der Waals surface area contributed by atoms with Crippen molar-refractivity contribution >= 4 is 22.5 Å². The summed E-state index contributed by atoms with van der Waals surface area (Å²) in [5.74, 6) is -0.379. The van der Waals surface area contributed by atoms with Crippen LogP contribution in [0.15, 0.2) is 54.7 Å². The molecule has 0 saturated carbocycles. The summed E-state index contributed by atoms with van der Waals surface area (Å²) >= 11 is 0. The number of methoxy groups -OCH3 is 1. The first-order valence-corrected chi connectivity index (χ1v) is 8.85. The van der Waals surface area contributed by atoms with E-state index >= 15 is 0 Å². The monoisotopic (exact) mass is 359 g/mol. The summed E-state index contributed by atoms with van der Waals surface area (Å²) in [6, 6.07) is 15.7. The molecule has 0 aliphatic rings. The van der Waals surface area contributed by atoms with Crippen molar-refractivity contribution in [3.8, 4) is 11.3 Å². The van der Waals surface area contributed by atoms with Crippen LogP contribution in [-0.2, 0) is 10.2 Å². The van der Waals surface area contributed by atoms with Crippen molar-refractivity contribution < 1.29 is 9.53 Å². The number of ether oxygens (including phenoxy) is 1. The van der Waals surface area contributed by atoms with Gasteiger partial charge < -0.3 is 4.74 Å². The normalized spacial score (nSPS) is 11.9. The van der Waals surface area contributed by atoms with E-state index in [1.54, 1.807) is 18.3 Å². The van der Waals surface area contributed by atoms with Crippen LogP contribution in [0.3, 0.4) is 0 Å². The van der Waals surface area contributed by atoms with Crippen LogP contribution in [0.5, 0.6) is 0 Å². The Kier molecular flexibility index (Phi) is 3.95. The van der Waals surface area contributed by atoms with Gasteiger partial charge in [-0.2, -0.15) is 5.10 Å². The van der Waals surface area contributed by atoms with Gasteiger partial charge in [0.1, 0.15) is 0 Å². The smallest absolute Gasteiger partial charge is 0.337 e. The summed E-state index contributed by atoms with van der Waals surface area (Å²) in [4.78, 5) is 16.7. The van der Waals surface area contributed by atoms with Crippen molar-refractivity contribution in [2.45, 2.75) is 26.2 Å². The predicted molar refractivity (Wildman–Crippen MR) is 106 cm³/mol. The third-order valence-corrected chi connectivity index (χ3v) is 4.77. The zero-order chi connectivity index (χ0) is 19.2. The van der Waals surface area contributed by atoms with E-state index < -0.39 is 0 Å². The molecule has 2 aromatic heterocycles. The second-order valence-electron chi connectivity index (χ2n) is 7.61. The van der Waals surface area contributed by atoms with E-state index in [1.165, 1.54) is 12.7 Å². The number of carbonyl (C=O) groups excluding carboxylic acids is 1. The molecule has 2 aromatic carbocycles. The summed E-state index contributed by atoms with van der Waals surface area (Å²) < 4.78 is 6.69. The first-order valence-electron chi connectivity index (χ1n) is 8.85. The third kappa shape index (κ3) is 2.95. The van der Waals surface area contributed by atoms with E-state index in [0.717, 1.165) is 22.3 Å². The Morgan fingerprint density at radius 1 is 1.00 bits per heavy atom. The summed E-state index contributed by atoms with van der Waals surface area (Å²) in [6.45, 7) is 6.58. The molecule has 136 valence electrons. The lowest BCUT2D eigenvalue weighted by Crippen LogP contribution is -2.10. The van der Waals surface area contributed by atoms with Crippen LogP contribution in [0, 0.1) is 0 Å². The van der Waals surface area contributed by atoms with Gasteiger partial charge in [-0.1, -0.05) is 45.0 Å². The number of benzene rings is 2. The van der Waals surface area contributed by atoms with E-state index in [0.29, 0.717) is 11.1 Å². The van der Waals surface area contributed by atoms with Gasteiger partial charge in [0.15, 0.2) is 0 Å². The molecule has 0 unspecified atom stereocenters. The molecule has 5 nitrogen and oxygen atoms in total. The summed E-state index contributed by atoms with van der Waals surface area (Å²) in [7, 11) is 1.37. The Morgan fingerprint density at radius 2 is 1.74 bits per heavy atom. The molecule has 2 heterocycles. The first-order chi connectivity index (χ1) is 12.9. The van der Waals surface area contributed by atoms with Crippen LogP contribution in [0.2, 0.25) is 0 Å². The molecule has 0 saturated heterocycles. The molecular formula is C22H21N3O2. The average Bonchev–Trinajstić information content (AvgIpc) is 3.15. The van der Waals surface area contributed by atoms with Gasteiger partial charge in [-0.25, -0.2) is 14.3 Å². The van der Waals surface area contributed by atoms with Crippen LogP contribution in [0.4, 0.5) is 0 Å². The average molecular weight is 359 g/mol. The van der Waals surface area contributed by atoms with Crippen LogP contribution in [0.25, 0.3) is 27.8 Å². The largest absolute Gasteiger partial charge is 0.465 e. The fraction of sp³-hybridized carbons (Fsp3) is 0.227. The Balaban J connectivity index is 1.93. The van der Waals surface area contributed by atoms with Crippen molar-refractivity contribution in [2.24, 2.45) is 0 Å². The predicted octanol–water partition coefficient (Wildman–Crippen LogP) is 4.63. The Hall–Kier alpha value is -3.21. The van der Waals surface area contributed by atoms with E-state index in [-0.39, 0.29) is 11.4 Å². The maximum atomic E-state index is 11.9. The summed E-state index contributed by atoms with van der Waals surface area (Å²) in [5, 5.41) is 4.44. The van der Waals surface area contributed by atoms with Crippen molar-refractivity contribution in [3.05, 3.63) is 65.9 Å². The van der Waals surface area contributed by atoms with Crippen LogP contribution >= 0.6 is 0 Å². The molecule has 27 heavy (non-hydrogen) atoms. The molecule has 4 rings (SSSR count). The van der Waals surface area contributed by atoms with E-state index in [1.807, 2.05) is 16.6 Å². The van der Waals surface area contributed by atoms with Gasteiger partial charge in [0.05, 0.1) is 41.1 Å². The second kappa shape index (κ2) is 6.20. The SMILES string of the molecule is COC(=O)c1ccc2c(c1)nc(-c1ccc(C(C)(C)C)cc1)c1ccnn12. The number of hydrogen-bond donors (Lipinski definition) is 0. The first kappa shape index (κ1) is 17.2. The minimum absolute atomic E-state index is 0.0939. The molecule has 0 aliphatic heterocycles. The third-order valence-electron chi connectivity index (χ3n) is 4.77. The number of carbonyl (C=O) groups is 1. The van der Waals surface area contributed by atoms with E-state index in [2.05, 4.69) is 50.1 Å². The molecule has 0 amide bonds. The highest BCUT2D eigenvalue weighted by atomic mass is 16.5. The van der Waals surface area contributed by atoms with Gasteiger partial charge in [-0.15, -0.1) is 0 Å². The molecule has 0 bridgehead atoms. The molecule has 0 radical (unpaired) electrons. The van der Waals surface area contributed by atoms with E-state index in [9.17, 15) is 4.79 Å². The fourth-order valence-electron chi connectivity index (χ4n) is 3.23. The maximum Gasteiger partial charge on any atom is 0.337 e. The number of hydrogen-bond acceptors (Lipinski definition) is 4. The Morgan fingerprint density at radius 3 is 2.41 bits per heavy atom. The molecule has 0 aliphatic carbocycles. The zero-order valence-corrected chi connectivity index (χ0v) is 15.9. The van der Waals surface area contributed by atoms with Gasteiger partial charge in [0.25, 0.3) is 0 Å². The lowest BCUT2D eigenvalue weighted by atomic mass is 9.86. The van der Waals surface area contributed by atoms with Crippen molar-refractivity contribution in [1.29, 1.82) is 0 Å². The Bertz CT molecular complexity index is 1150. The molecule has 0 atom stereocenters. The minimum Gasteiger partial charge on any atom is -0.465 e. The highest BCUT2D eigenvalue weighted by Crippen LogP contribution is 2.29. The van der Waals surface area contributed by atoms with Crippen molar-refractivity contribution in [1.82, 2.24) is 14.6 Å². The summed E-state index contributed by atoms with van der Waals surface area (Å²) in [5.41, 5.74) is 6.15. The fourth-order valence-corrected chi connectivity index (χ4v) is 3.23. The summed E-state index contributed by atoms with van der Waals surface area (Å²) in [6.07, 6.45) is 1.76. The number of esters is 1. The molecule has 5 heteroatoms. The number of aromatic nitrogens is 3. The minimum atomic E-state index is -0.379. The molecule has 0 spiro atoms. The second-order valence-corrected chi connectivity index (χ2v) is 7.61. The van der Waals surface area contributed by atoms with Crippen molar-refractivity contribution in [2.75, 3.05) is 7.11 Å². The lowest BCUT2D eigenvalue weighted by molar-refractivity contribution is 0.0601. The van der Waals surface area contributed by atoms with Crippen LogP contribution in [-0.4, -0.2) is 27.7 Å². The maximum absolute atomic E-state index is 11.9. The molecule has 0 fully saturated rings. The van der Waals surface area contributed by atoms with Crippen LogP contribution in [0.1, 0.15) is 36.7 Å². The zero-order valence-electron chi connectivity index (χ0n) is 15.9. The molecule has 4 aromatic rings. The lowest BCUT2D eigenvalue weighted by Gasteiger charge is -2.19. The van der Waals surface area contributed by atoms with Crippen molar-refractivity contribution in [3.63, 3.8) is 0 Å². The standard InChI is InChI=1S/C22H21N3O2/c1-22(2,3)16-8-5-14(6-9-16)20-19-11-12-23-25(19)18-10-7-15(21(26)27-4)13-17(18)24-20/h5-13H,1-4H3.